The monoisotopic (exact) mass is 363 g/mol. The summed E-state index contributed by atoms with van der Waals surface area (Å²) >= 11 is 7.29. The molecule has 1 saturated heterocycles. The fourth-order valence-corrected chi connectivity index (χ4v) is 4.44. The van der Waals surface area contributed by atoms with E-state index in [0.29, 0.717) is 4.34 Å². The Labute approximate surface area is 150 Å². The smallest absolute Gasteiger partial charge is 0.264 e. The molecule has 0 bridgehead atoms. The van der Waals surface area contributed by atoms with E-state index in [2.05, 4.69) is 18.2 Å². The zero-order valence-electron chi connectivity index (χ0n) is 13.4. The van der Waals surface area contributed by atoms with Crippen LogP contribution in [0.25, 0.3) is 0 Å². The predicted octanol–water partition coefficient (Wildman–Crippen LogP) is 1.88. The molecule has 6 heteroatoms. The summed E-state index contributed by atoms with van der Waals surface area (Å²) in [6, 6.07) is 10.2. The quantitative estimate of drug-likeness (QED) is 0.903. The number of thiophene rings is 1. The summed E-state index contributed by atoms with van der Waals surface area (Å²) in [7, 11) is 0. The number of rotatable bonds is 3. The van der Waals surface area contributed by atoms with E-state index in [1.165, 1.54) is 27.4 Å². The first-order valence-electron chi connectivity index (χ1n) is 8.32. The molecule has 4 nitrogen and oxygen atoms in total. The van der Waals surface area contributed by atoms with E-state index < -0.39 is 0 Å². The van der Waals surface area contributed by atoms with Gasteiger partial charge in [0, 0.05) is 12.0 Å². The number of piperazine rings is 1. The van der Waals surface area contributed by atoms with E-state index in [4.69, 9.17) is 16.3 Å². The van der Waals surface area contributed by atoms with Crippen molar-refractivity contribution in [3.05, 3.63) is 50.7 Å². The van der Waals surface area contributed by atoms with Crippen LogP contribution >= 0.6 is 22.9 Å². The molecule has 0 saturated carbocycles. The molecule has 1 N–H and O–H groups in total. The Balaban J connectivity index is 1.34. The largest absolute Gasteiger partial charge is 0.493 e. The fourth-order valence-electron chi connectivity index (χ4n) is 3.43. The average Bonchev–Trinajstić information content (AvgIpc) is 3.23. The number of fused-ring (bicyclic) bond motifs is 1. The highest BCUT2D eigenvalue weighted by Crippen LogP contribution is 2.25. The molecule has 2 aliphatic rings. The van der Waals surface area contributed by atoms with Gasteiger partial charge in [0.25, 0.3) is 5.91 Å². The second-order valence-electron chi connectivity index (χ2n) is 6.36. The lowest BCUT2D eigenvalue weighted by Crippen LogP contribution is -3.13. The van der Waals surface area contributed by atoms with Crippen molar-refractivity contribution >= 4 is 28.8 Å². The van der Waals surface area contributed by atoms with Gasteiger partial charge < -0.3 is 14.5 Å². The third-order valence-electron chi connectivity index (χ3n) is 4.75. The van der Waals surface area contributed by atoms with Crippen molar-refractivity contribution in [3.8, 4) is 5.75 Å². The number of hydrogen-bond acceptors (Lipinski definition) is 3. The zero-order chi connectivity index (χ0) is 16.5. The van der Waals surface area contributed by atoms with Crippen LogP contribution in [0.2, 0.25) is 4.34 Å². The fraction of sp³-hybridized carbons (Fsp3) is 0.389. The molecule has 0 atom stereocenters. The van der Waals surface area contributed by atoms with Crippen LogP contribution in [0.5, 0.6) is 5.75 Å². The van der Waals surface area contributed by atoms with Gasteiger partial charge in [0.2, 0.25) is 0 Å². The number of halogens is 1. The molecule has 1 fully saturated rings. The lowest BCUT2D eigenvalue weighted by atomic mass is 10.1. The molecule has 4 rings (SSSR count). The van der Waals surface area contributed by atoms with E-state index in [9.17, 15) is 4.79 Å². The van der Waals surface area contributed by atoms with Gasteiger partial charge >= 0.3 is 0 Å². The highest BCUT2D eigenvalue weighted by Gasteiger charge is 2.25. The topological polar surface area (TPSA) is 34.0 Å². The summed E-state index contributed by atoms with van der Waals surface area (Å²) in [5.74, 6) is 1.15. The summed E-state index contributed by atoms with van der Waals surface area (Å²) in [6.45, 7) is 5.39. The first-order chi connectivity index (χ1) is 11.7. The molecule has 24 heavy (non-hydrogen) atoms. The van der Waals surface area contributed by atoms with E-state index in [0.717, 1.165) is 56.4 Å². The number of ether oxygens (including phenoxy) is 1. The van der Waals surface area contributed by atoms with Crippen molar-refractivity contribution in [3.63, 3.8) is 0 Å². The first kappa shape index (κ1) is 15.9. The molecule has 1 aromatic heterocycles. The van der Waals surface area contributed by atoms with E-state index in [1.807, 2.05) is 11.0 Å². The van der Waals surface area contributed by atoms with Crippen molar-refractivity contribution in [1.82, 2.24) is 4.90 Å². The summed E-state index contributed by atoms with van der Waals surface area (Å²) in [4.78, 5) is 16.7. The maximum absolute atomic E-state index is 12.5. The molecule has 126 valence electrons. The van der Waals surface area contributed by atoms with E-state index in [-0.39, 0.29) is 5.91 Å². The summed E-state index contributed by atoms with van der Waals surface area (Å²) in [6.07, 6.45) is 1.02. The molecule has 2 aromatic rings. The lowest BCUT2D eigenvalue weighted by molar-refractivity contribution is -0.917. The van der Waals surface area contributed by atoms with E-state index in [1.54, 1.807) is 6.07 Å². The molecule has 1 amide bonds. The third kappa shape index (κ3) is 3.29. The number of benzene rings is 1. The Morgan fingerprint density at radius 1 is 1.25 bits per heavy atom. The number of nitrogens with one attached hydrogen (secondary N) is 1. The second kappa shape index (κ2) is 6.75. The molecule has 0 spiro atoms. The van der Waals surface area contributed by atoms with Crippen molar-refractivity contribution in [1.29, 1.82) is 0 Å². The third-order valence-corrected chi connectivity index (χ3v) is 5.97. The number of amides is 1. The maximum atomic E-state index is 12.5. The molecule has 0 aliphatic carbocycles. The highest BCUT2D eigenvalue weighted by atomic mass is 35.5. The van der Waals surface area contributed by atoms with E-state index >= 15 is 0 Å². The van der Waals surface area contributed by atoms with Crippen LogP contribution in [0, 0.1) is 0 Å². The Kier molecular flexibility index (Phi) is 4.48. The number of carbonyl (C=O) groups excluding carboxylic acids is 1. The number of hydrogen-bond donors (Lipinski definition) is 1. The van der Waals surface area contributed by atoms with Gasteiger partial charge in [-0.3, -0.25) is 4.79 Å². The van der Waals surface area contributed by atoms with Crippen molar-refractivity contribution < 1.29 is 14.4 Å². The van der Waals surface area contributed by atoms with Gasteiger partial charge in [0.15, 0.2) is 0 Å². The van der Waals surface area contributed by atoms with Crippen LogP contribution in [0.15, 0.2) is 30.3 Å². The van der Waals surface area contributed by atoms with Gasteiger partial charge in [0.1, 0.15) is 12.3 Å². The Morgan fingerprint density at radius 2 is 2.08 bits per heavy atom. The summed E-state index contributed by atoms with van der Waals surface area (Å²) in [5, 5.41) is 0. The summed E-state index contributed by atoms with van der Waals surface area (Å²) < 4.78 is 6.24. The van der Waals surface area contributed by atoms with Crippen molar-refractivity contribution in [2.24, 2.45) is 0 Å². The van der Waals surface area contributed by atoms with Crippen LogP contribution < -0.4 is 9.64 Å². The molecule has 1 aromatic carbocycles. The van der Waals surface area contributed by atoms with Crippen LogP contribution in [0.1, 0.15) is 20.8 Å². The Hall–Kier alpha value is -1.56. The standard InChI is InChI=1S/C18H19ClN2O2S/c19-17-4-3-16(24-17)18(22)21-8-6-20(7-9-21)12-13-1-2-15-14(11-13)5-10-23-15/h1-4,11H,5-10,12H2/p+1. The van der Waals surface area contributed by atoms with Gasteiger partial charge in [-0.2, -0.15) is 0 Å². The van der Waals surface area contributed by atoms with Crippen LogP contribution in [0.4, 0.5) is 0 Å². The first-order valence-corrected chi connectivity index (χ1v) is 9.51. The van der Waals surface area contributed by atoms with Gasteiger partial charge in [-0.05, 0) is 35.9 Å². The molecular weight excluding hydrogens is 344 g/mol. The number of nitrogens with zero attached hydrogens (tertiary/aromatic N) is 1. The average molecular weight is 364 g/mol. The number of quaternary nitrogens is 1. The Morgan fingerprint density at radius 3 is 2.83 bits per heavy atom. The normalized spacial score (nSPS) is 17.6. The molecule has 2 aliphatic heterocycles. The SMILES string of the molecule is O=C(c1ccc(Cl)s1)N1CC[NH+](Cc2ccc3c(c2)CCO3)CC1. The second-order valence-corrected chi connectivity index (χ2v) is 8.08. The van der Waals surface area contributed by atoms with Gasteiger partial charge in [-0.15, -0.1) is 11.3 Å². The van der Waals surface area contributed by atoms with Crippen molar-refractivity contribution in [2.45, 2.75) is 13.0 Å². The van der Waals surface area contributed by atoms with Crippen LogP contribution in [-0.2, 0) is 13.0 Å². The minimum absolute atomic E-state index is 0.112. The molecule has 3 heterocycles. The molecular formula is C18H20ClN2O2S+. The lowest BCUT2D eigenvalue weighted by Gasteiger charge is -2.32. The van der Waals surface area contributed by atoms with Gasteiger partial charge in [-0.25, -0.2) is 0 Å². The van der Waals surface area contributed by atoms with Crippen molar-refractivity contribution in [2.75, 3.05) is 32.8 Å². The van der Waals surface area contributed by atoms with Crippen LogP contribution in [0.3, 0.4) is 0 Å². The minimum atomic E-state index is 0.112. The van der Waals surface area contributed by atoms with Gasteiger partial charge in [0.05, 0.1) is 42.0 Å². The minimum Gasteiger partial charge on any atom is -0.493 e. The van der Waals surface area contributed by atoms with Gasteiger partial charge in [-0.1, -0.05) is 11.6 Å². The molecule has 0 unspecified atom stereocenters. The summed E-state index contributed by atoms with van der Waals surface area (Å²) in [5.41, 5.74) is 2.69. The zero-order valence-corrected chi connectivity index (χ0v) is 15.0. The molecule has 0 radical (unpaired) electrons. The van der Waals surface area contributed by atoms with Crippen LogP contribution in [-0.4, -0.2) is 43.6 Å². The maximum Gasteiger partial charge on any atom is 0.264 e. The highest BCUT2D eigenvalue weighted by molar-refractivity contribution is 7.17. The predicted molar refractivity (Wildman–Crippen MR) is 95.3 cm³/mol. The Bertz CT molecular complexity index is 753. The number of carbonyl (C=O) groups is 1.